The van der Waals surface area contributed by atoms with E-state index in [9.17, 15) is 4.79 Å². The van der Waals surface area contributed by atoms with Gasteiger partial charge in [0.2, 0.25) is 0 Å². The van der Waals surface area contributed by atoms with Gasteiger partial charge in [0.1, 0.15) is 6.23 Å². The van der Waals surface area contributed by atoms with Crippen molar-refractivity contribution in [2.24, 2.45) is 0 Å². The van der Waals surface area contributed by atoms with Crippen LogP contribution in [0.5, 0.6) is 0 Å². The molecule has 2 amide bonds. The number of hydrogen-bond acceptors (Lipinski definition) is 2. The third-order valence-electron chi connectivity index (χ3n) is 1.63. The predicted octanol–water partition coefficient (Wildman–Crippen LogP) is 0.642. The lowest BCUT2D eigenvalue weighted by atomic mass is 10.1. The average molecular weight is 170 g/mol. The van der Waals surface area contributed by atoms with Gasteiger partial charge in [-0.3, -0.25) is 4.90 Å². The Kier molecular flexibility index (Phi) is 2.10. The number of nitrogens with zero attached hydrogens (tertiary/aromatic N) is 1. The standard InChI is InChI=1S/C8H14N2O2/c1-8(2,3)10-5-4-6(11)9-7(10)12/h4-6,11H,1-3H3,(H,9,12). The smallest absolute Gasteiger partial charge is 0.324 e. The number of hydrogen-bond donors (Lipinski definition) is 2. The zero-order chi connectivity index (χ0) is 9.35. The topological polar surface area (TPSA) is 52.6 Å². The van der Waals surface area contributed by atoms with Crippen molar-refractivity contribution in [3.63, 3.8) is 0 Å². The van der Waals surface area contributed by atoms with Gasteiger partial charge in [-0.25, -0.2) is 4.79 Å². The molecule has 0 spiro atoms. The van der Waals surface area contributed by atoms with E-state index in [4.69, 9.17) is 5.11 Å². The summed E-state index contributed by atoms with van der Waals surface area (Å²) in [5.41, 5.74) is -0.249. The number of amides is 2. The summed E-state index contributed by atoms with van der Waals surface area (Å²) < 4.78 is 0. The van der Waals surface area contributed by atoms with Crippen molar-refractivity contribution < 1.29 is 9.90 Å². The Bertz CT molecular complexity index is 218. The lowest BCUT2D eigenvalue weighted by molar-refractivity contribution is 0.130. The minimum Gasteiger partial charge on any atom is -0.370 e. The number of nitrogens with one attached hydrogen (secondary N) is 1. The normalized spacial score (nSPS) is 24.2. The maximum atomic E-state index is 11.3. The second kappa shape index (κ2) is 2.79. The molecule has 0 fully saturated rings. The zero-order valence-electron chi connectivity index (χ0n) is 7.53. The van der Waals surface area contributed by atoms with E-state index in [1.165, 1.54) is 6.08 Å². The molecule has 1 heterocycles. The molecule has 0 aromatic rings. The van der Waals surface area contributed by atoms with E-state index in [0.717, 1.165) is 0 Å². The SMILES string of the molecule is CC(C)(C)N1C=CC(O)NC1=O. The molecule has 1 aliphatic rings. The molecule has 0 aromatic carbocycles. The molecule has 0 aromatic heterocycles. The van der Waals surface area contributed by atoms with Crippen LogP contribution >= 0.6 is 0 Å². The van der Waals surface area contributed by atoms with Gasteiger partial charge >= 0.3 is 6.03 Å². The molecule has 1 aliphatic heterocycles. The van der Waals surface area contributed by atoms with Crippen LogP contribution in [-0.4, -0.2) is 27.8 Å². The number of carbonyl (C=O) groups is 1. The second-order valence-corrected chi connectivity index (χ2v) is 3.78. The monoisotopic (exact) mass is 170 g/mol. The molecule has 1 atom stereocenters. The summed E-state index contributed by atoms with van der Waals surface area (Å²) in [6, 6.07) is -0.266. The lowest BCUT2D eigenvalue weighted by Crippen LogP contribution is -2.52. The Labute approximate surface area is 71.9 Å². The summed E-state index contributed by atoms with van der Waals surface area (Å²) >= 11 is 0. The van der Waals surface area contributed by atoms with E-state index < -0.39 is 6.23 Å². The van der Waals surface area contributed by atoms with Gasteiger partial charge in [-0.15, -0.1) is 0 Å². The quantitative estimate of drug-likeness (QED) is 0.560. The minimum atomic E-state index is -0.851. The molecule has 0 saturated carbocycles. The van der Waals surface area contributed by atoms with Crippen LogP contribution in [0, 0.1) is 0 Å². The van der Waals surface area contributed by atoms with Crippen LogP contribution in [0.25, 0.3) is 0 Å². The Balaban J connectivity index is 2.80. The van der Waals surface area contributed by atoms with Crippen molar-refractivity contribution in [3.05, 3.63) is 12.3 Å². The Morgan fingerprint density at radius 3 is 2.58 bits per heavy atom. The summed E-state index contributed by atoms with van der Waals surface area (Å²) in [5.74, 6) is 0. The number of aliphatic hydroxyl groups is 1. The molecule has 4 heteroatoms. The van der Waals surface area contributed by atoms with Crippen molar-refractivity contribution in [1.29, 1.82) is 0 Å². The van der Waals surface area contributed by atoms with Crippen molar-refractivity contribution in [3.8, 4) is 0 Å². The third-order valence-corrected chi connectivity index (χ3v) is 1.63. The molecule has 0 saturated heterocycles. The van der Waals surface area contributed by atoms with Crippen LogP contribution in [0.15, 0.2) is 12.3 Å². The minimum absolute atomic E-state index is 0.249. The maximum Gasteiger partial charge on any atom is 0.324 e. The highest BCUT2D eigenvalue weighted by Gasteiger charge is 2.27. The first-order valence-electron chi connectivity index (χ1n) is 3.87. The van der Waals surface area contributed by atoms with Gasteiger partial charge < -0.3 is 10.4 Å². The van der Waals surface area contributed by atoms with E-state index in [0.29, 0.717) is 0 Å². The molecule has 68 valence electrons. The summed E-state index contributed by atoms with van der Waals surface area (Å²) in [6.45, 7) is 5.78. The van der Waals surface area contributed by atoms with E-state index in [-0.39, 0.29) is 11.6 Å². The van der Waals surface area contributed by atoms with Crippen LogP contribution < -0.4 is 5.32 Å². The highest BCUT2D eigenvalue weighted by molar-refractivity contribution is 5.77. The second-order valence-electron chi connectivity index (χ2n) is 3.78. The average Bonchev–Trinajstić information content (AvgIpc) is 1.83. The highest BCUT2D eigenvalue weighted by Crippen LogP contribution is 2.16. The number of urea groups is 1. The summed E-state index contributed by atoms with van der Waals surface area (Å²) in [5, 5.41) is 11.4. The van der Waals surface area contributed by atoms with Crippen LogP contribution in [0.3, 0.4) is 0 Å². The Morgan fingerprint density at radius 2 is 2.17 bits per heavy atom. The van der Waals surface area contributed by atoms with Gasteiger partial charge in [-0.1, -0.05) is 0 Å². The first-order chi connectivity index (χ1) is 5.41. The third kappa shape index (κ3) is 1.76. The molecule has 4 nitrogen and oxygen atoms in total. The molecule has 0 bridgehead atoms. The molecule has 12 heavy (non-hydrogen) atoms. The molecular formula is C8H14N2O2. The molecular weight excluding hydrogens is 156 g/mol. The summed E-state index contributed by atoms with van der Waals surface area (Å²) in [4.78, 5) is 12.8. The van der Waals surface area contributed by atoms with E-state index in [2.05, 4.69) is 5.32 Å². The van der Waals surface area contributed by atoms with Gasteiger partial charge in [0.25, 0.3) is 0 Å². The van der Waals surface area contributed by atoms with Gasteiger partial charge in [-0.05, 0) is 26.8 Å². The van der Waals surface area contributed by atoms with Gasteiger partial charge in [0, 0.05) is 11.7 Å². The van der Waals surface area contributed by atoms with E-state index in [1.54, 1.807) is 11.1 Å². The summed E-state index contributed by atoms with van der Waals surface area (Å²) in [6.07, 6.45) is 2.28. The number of rotatable bonds is 0. The lowest BCUT2D eigenvalue weighted by Gasteiger charge is -2.35. The molecule has 0 radical (unpaired) electrons. The van der Waals surface area contributed by atoms with E-state index in [1.807, 2.05) is 20.8 Å². The maximum absolute atomic E-state index is 11.3. The van der Waals surface area contributed by atoms with Crippen molar-refractivity contribution in [1.82, 2.24) is 10.2 Å². The molecule has 0 aliphatic carbocycles. The first-order valence-corrected chi connectivity index (χ1v) is 3.87. The van der Waals surface area contributed by atoms with Crippen LogP contribution in [0.2, 0.25) is 0 Å². The molecule has 1 rings (SSSR count). The molecule has 1 unspecified atom stereocenters. The summed E-state index contributed by atoms with van der Waals surface area (Å²) in [7, 11) is 0. The Morgan fingerprint density at radius 1 is 1.58 bits per heavy atom. The van der Waals surface area contributed by atoms with Gasteiger partial charge in [-0.2, -0.15) is 0 Å². The largest absolute Gasteiger partial charge is 0.370 e. The van der Waals surface area contributed by atoms with Crippen molar-refractivity contribution in [2.45, 2.75) is 32.5 Å². The number of carbonyl (C=O) groups excluding carboxylic acids is 1. The fraction of sp³-hybridized carbons (Fsp3) is 0.625. The Hall–Kier alpha value is -1.03. The van der Waals surface area contributed by atoms with Crippen LogP contribution in [0.1, 0.15) is 20.8 Å². The van der Waals surface area contributed by atoms with Crippen LogP contribution in [0.4, 0.5) is 4.79 Å². The highest BCUT2D eigenvalue weighted by atomic mass is 16.3. The van der Waals surface area contributed by atoms with E-state index >= 15 is 0 Å². The van der Waals surface area contributed by atoms with Gasteiger partial charge in [0.05, 0.1) is 0 Å². The fourth-order valence-electron chi connectivity index (χ4n) is 1.01. The van der Waals surface area contributed by atoms with Crippen molar-refractivity contribution >= 4 is 6.03 Å². The first kappa shape index (κ1) is 9.06. The zero-order valence-corrected chi connectivity index (χ0v) is 7.53. The predicted molar refractivity (Wildman–Crippen MR) is 45.3 cm³/mol. The number of aliphatic hydroxyl groups excluding tert-OH is 1. The van der Waals surface area contributed by atoms with Gasteiger partial charge in [0.15, 0.2) is 0 Å². The fourth-order valence-corrected chi connectivity index (χ4v) is 1.01. The van der Waals surface area contributed by atoms with Crippen molar-refractivity contribution in [2.75, 3.05) is 0 Å². The molecule has 2 N–H and O–H groups in total. The van der Waals surface area contributed by atoms with Crippen LogP contribution in [-0.2, 0) is 0 Å².